The SMILES string of the molecule is [C-]#[N+]C([N+]#[C-])=c1cc(-c2ccc(C)cc2)/c(=c2\sc(=C(C#N)C#N)cc2-c2ccc(C)cc2)s1. The maximum atomic E-state index is 9.49. The zero-order chi connectivity index (χ0) is 24.2. The Balaban J connectivity index is 2.28. The van der Waals surface area contributed by atoms with Crippen LogP contribution in [-0.4, -0.2) is 0 Å². The second-order valence-electron chi connectivity index (χ2n) is 7.58. The fourth-order valence-electron chi connectivity index (χ4n) is 3.52. The lowest BCUT2D eigenvalue weighted by Crippen LogP contribution is -1.94. The molecule has 2 aromatic carbocycles. The van der Waals surface area contributed by atoms with Gasteiger partial charge < -0.3 is 0 Å². The molecule has 0 aliphatic heterocycles. The van der Waals surface area contributed by atoms with Gasteiger partial charge in [-0.05, 0) is 37.1 Å². The first-order valence-electron chi connectivity index (χ1n) is 10.2. The van der Waals surface area contributed by atoms with Gasteiger partial charge in [0.05, 0.1) is 13.6 Å². The van der Waals surface area contributed by atoms with Crippen LogP contribution >= 0.6 is 22.7 Å². The average molecular weight is 473 g/mol. The van der Waals surface area contributed by atoms with Crippen molar-refractivity contribution in [3.8, 4) is 34.4 Å². The van der Waals surface area contributed by atoms with Crippen LogP contribution < -0.4 is 9.06 Å². The lowest BCUT2D eigenvalue weighted by Gasteiger charge is -2.01. The van der Waals surface area contributed by atoms with Gasteiger partial charge in [0.2, 0.25) is 0 Å². The van der Waals surface area contributed by atoms with E-state index in [0.717, 1.165) is 42.4 Å². The second-order valence-corrected chi connectivity index (χ2v) is 9.69. The molecule has 0 N–H and O–H groups in total. The molecule has 0 aliphatic carbocycles. The molecule has 0 bridgehead atoms. The molecule has 4 rings (SSSR count). The Morgan fingerprint density at radius 1 is 0.706 bits per heavy atom. The van der Waals surface area contributed by atoms with Crippen molar-refractivity contribution in [1.82, 2.24) is 0 Å². The van der Waals surface area contributed by atoms with Crippen molar-refractivity contribution in [1.29, 1.82) is 10.5 Å². The van der Waals surface area contributed by atoms with E-state index in [1.54, 1.807) is 0 Å². The molecule has 0 saturated carbocycles. The zero-order valence-corrected chi connectivity index (χ0v) is 20.0. The number of thiophene rings is 2. The highest BCUT2D eigenvalue weighted by atomic mass is 32.1. The molecule has 34 heavy (non-hydrogen) atoms. The molecule has 0 fully saturated rings. The quantitative estimate of drug-likeness (QED) is 0.329. The van der Waals surface area contributed by atoms with Gasteiger partial charge in [-0.3, -0.25) is 0 Å². The van der Waals surface area contributed by atoms with E-state index in [1.165, 1.54) is 22.7 Å². The number of rotatable bonds is 2. The lowest BCUT2D eigenvalue weighted by atomic mass is 10.0. The van der Waals surface area contributed by atoms with Gasteiger partial charge in [-0.2, -0.15) is 20.2 Å². The summed E-state index contributed by atoms with van der Waals surface area (Å²) in [5.41, 5.74) is 6.12. The fraction of sp³-hybridized carbons (Fsp3) is 0.0714. The Morgan fingerprint density at radius 2 is 1.12 bits per heavy atom. The van der Waals surface area contributed by atoms with E-state index in [4.69, 9.17) is 13.1 Å². The van der Waals surface area contributed by atoms with Crippen molar-refractivity contribution in [3.05, 3.63) is 113 Å². The molecule has 0 atom stereocenters. The monoisotopic (exact) mass is 472 g/mol. The normalized spacial score (nSPS) is 11.0. The van der Waals surface area contributed by atoms with Crippen molar-refractivity contribution in [2.24, 2.45) is 0 Å². The van der Waals surface area contributed by atoms with Gasteiger partial charge in [0.15, 0.2) is 0 Å². The van der Waals surface area contributed by atoms with E-state index in [-0.39, 0.29) is 11.4 Å². The first-order chi connectivity index (χ1) is 16.5. The highest BCUT2D eigenvalue weighted by molar-refractivity contribution is 7.12. The van der Waals surface area contributed by atoms with Gasteiger partial charge in [-0.15, -0.1) is 22.7 Å². The third-order valence-corrected chi connectivity index (χ3v) is 7.75. The van der Waals surface area contributed by atoms with Gasteiger partial charge in [-0.25, -0.2) is 0 Å². The molecule has 0 unspecified atom stereocenters. The minimum Gasteiger partial charge on any atom is -0.192 e. The molecule has 0 spiro atoms. The fourth-order valence-corrected chi connectivity index (χ4v) is 5.92. The van der Waals surface area contributed by atoms with E-state index < -0.39 is 0 Å². The summed E-state index contributed by atoms with van der Waals surface area (Å²) in [4.78, 5) is 6.84. The minimum absolute atomic E-state index is 0.0274. The van der Waals surface area contributed by atoms with Crippen LogP contribution in [0.2, 0.25) is 0 Å². The Labute approximate surface area is 205 Å². The van der Waals surface area contributed by atoms with Crippen molar-refractivity contribution in [2.45, 2.75) is 13.8 Å². The molecule has 4 aromatic rings. The highest BCUT2D eigenvalue weighted by Crippen LogP contribution is 2.29. The number of nitriles is 2. The Morgan fingerprint density at radius 3 is 1.53 bits per heavy atom. The highest BCUT2D eigenvalue weighted by Gasteiger charge is 2.14. The molecule has 6 heteroatoms. The molecular weight excluding hydrogens is 456 g/mol. The Kier molecular flexibility index (Phi) is 6.40. The van der Waals surface area contributed by atoms with Gasteiger partial charge in [-0.1, -0.05) is 59.7 Å². The summed E-state index contributed by atoms with van der Waals surface area (Å²) in [6.45, 7) is 18.9. The molecule has 0 amide bonds. The topological polar surface area (TPSA) is 56.3 Å². The number of hydrogen-bond acceptors (Lipinski definition) is 4. The van der Waals surface area contributed by atoms with Crippen LogP contribution in [0.15, 0.2) is 60.7 Å². The lowest BCUT2D eigenvalue weighted by molar-refractivity contribution is 1.46. The number of benzene rings is 2. The molecule has 0 radical (unpaired) electrons. The van der Waals surface area contributed by atoms with E-state index in [1.807, 2.05) is 86.6 Å². The number of aryl methyl sites for hydroxylation is 2. The smallest absolute Gasteiger partial charge is 0.192 e. The van der Waals surface area contributed by atoms with Gasteiger partial charge in [0.25, 0.3) is 0 Å². The third kappa shape index (κ3) is 4.25. The first kappa shape index (κ1) is 22.7. The van der Waals surface area contributed by atoms with Crippen molar-refractivity contribution < 1.29 is 0 Å². The van der Waals surface area contributed by atoms with Crippen molar-refractivity contribution >= 4 is 34.1 Å². The van der Waals surface area contributed by atoms with E-state index >= 15 is 0 Å². The molecule has 0 saturated heterocycles. The summed E-state index contributed by atoms with van der Waals surface area (Å²) >= 11 is 2.78. The van der Waals surface area contributed by atoms with Gasteiger partial charge in [0, 0.05) is 11.1 Å². The molecule has 2 heterocycles. The van der Waals surface area contributed by atoms with Crippen LogP contribution in [-0.2, 0) is 0 Å². The molecule has 0 aliphatic rings. The standard InChI is InChI=1S/C28H16N4S2/c1-17-5-9-19(10-6-17)22-13-24(21(15-29)16-30)33-26(22)27-23(20-11-7-18(2)8-12-20)14-25(34-27)28(31-3)32-4/h5-14H,1-2H3/b27-26+. The summed E-state index contributed by atoms with van der Waals surface area (Å²) in [6, 6.07) is 24.0. The number of nitrogens with zero attached hydrogens (tertiary/aromatic N) is 4. The largest absolute Gasteiger partial charge is 0.536 e. The summed E-state index contributed by atoms with van der Waals surface area (Å²) in [5, 5.41) is 19.0. The number of hydrogen-bond donors (Lipinski definition) is 0. The van der Waals surface area contributed by atoms with Crippen LogP contribution in [0.3, 0.4) is 0 Å². The average Bonchev–Trinajstić information content (AvgIpc) is 3.47. The summed E-state index contributed by atoms with van der Waals surface area (Å²) < 4.78 is 3.01. The Bertz CT molecular complexity index is 1630. The predicted molar refractivity (Wildman–Crippen MR) is 137 cm³/mol. The van der Waals surface area contributed by atoms with Crippen LogP contribution in [0, 0.1) is 58.7 Å². The van der Waals surface area contributed by atoms with Crippen LogP contribution in [0.4, 0.5) is 0 Å². The molecular formula is C28H16N4S2. The van der Waals surface area contributed by atoms with Crippen LogP contribution in [0.25, 0.3) is 43.3 Å². The van der Waals surface area contributed by atoms with Gasteiger partial charge >= 0.3 is 5.82 Å². The van der Waals surface area contributed by atoms with Crippen molar-refractivity contribution in [2.75, 3.05) is 0 Å². The maximum Gasteiger partial charge on any atom is 0.536 e. The third-order valence-electron chi connectivity index (χ3n) is 5.30. The molecule has 2 aromatic heterocycles. The van der Waals surface area contributed by atoms with E-state index in [9.17, 15) is 10.5 Å². The van der Waals surface area contributed by atoms with Crippen LogP contribution in [0.1, 0.15) is 11.1 Å². The molecule has 160 valence electrons. The summed E-state index contributed by atoms with van der Waals surface area (Å²) in [5.74, 6) is 0.0274. The summed E-state index contributed by atoms with van der Waals surface area (Å²) in [6.07, 6.45) is 0. The van der Waals surface area contributed by atoms with Gasteiger partial charge in [0.1, 0.15) is 35.4 Å². The maximum absolute atomic E-state index is 9.49. The second kappa shape index (κ2) is 9.58. The zero-order valence-electron chi connectivity index (χ0n) is 18.4. The van der Waals surface area contributed by atoms with Crippen LogP contribution in [0.5, 0.6) is 0 Å². The van der Waals surface area contributed by atoms with E-state index in [0.29, 0.717) is 9.06 Å². The first-order valence-corrected chi connectivity index (χ1v) is 11.8. The predicted octanol–water partition coefficient (Wildman–Crippen LogP) is 6.15. The van der Waals surface area contributed by atoms with Crippen molar-refractivity contribution in [3.63, 3.8) is 0 Å². The molecule has 4 nitrogen and oxygen atoms in total. The summed E-state index contributed by atoms with van der Waals surface area (Å²) in [7, 11) is 0. The van der Waals surface area contributed by atoms with E-state index in [2.05, 4.69) is 9.69 Å². The Hall–Kier alpha value is -4.46. The minimum atomic E-state index is 0.0274.